The van der Waals surface area contributed by atoms with E-state index < -0.39 is 0 Å². The number of nitrogens with one attached hydrogen (secondary N) is 2. The third-order valence-corrected chi connectivity index (χ3v) is 6.51. The van der Waals surface area contributed by atoms with Gasteiger partial charge in [-0.2, -0.15) is 0 Å². The Balaban J connectivity index is 1.48. The molecule has 33 heavy (non-hydrogen) atoms. The Hall–Kier alpha value is -2.28. The Morgan fingerprint density at radius 3 is 2.18 bits per heavy atom. The SMILES string of the molecule is CCCCCCCCCCCCCC(=O)NCCC(=O)Nc1nnc(-c2cccc(C)c2)s1. The molecule has 0 aliphatic heterocycles. The van der Waals surface area contributed by atoms with Crippen molar-refractivity contribution in [3.05, 3.63) is 29.8 Å². The van der Waals surface area contributed by atoms with E-state index in [0.717, 1.165) is 29.0 Å². The fraction of sp³-hybridized carbons (Fsp3) is 0.615. The Labute approximate surface area is 203 Å². The largest absolute Gasteiger partial charge is 0.356 e. The summed E-state index contributed by atoms with van der Waals surface area (Å²) in [6.45, 7) is 4.62. The van der Waals surface area contributed by atoms with Gasteiger partial charge in [0.25, 0.3) is 0 Å². The first kappa shape index (κ1) is 27.0. The van der Waals surface area contributed by atoms with Crippen LogP contribution in [0, 0.1) is 6.92 Å². The molecule has 6 nitrogen and oxygen atoms in total. The van der Waals surface area contributed by atoms with Crippen LogP contribution in [0.4, 0.5) is 5.13 Å². The van der Waals surface area contributed by atoms with Crippen molar-refractivity contribution in [1.29, 1.82) is 0 Å². The van der Waals surface area contributed by atoms with E-state index in [-0.39, 0.29) is 18.2 Å². The summed E-state index contributed by atoms with van der Waals surface area (Å²) in [5, 5.41) is 15.1. The highest BCUT2D eigenvalue weighted by Gasteiger charge is 2.10. The summed E-state index contributed by atoms with van der Waals surface area (Å²) in [6.07, 6.45) is 14.7. The zero-order valence-corrected chi connectivity index (χ0v) is 21.1. The summed E-state index contributed by atoms with van der Waals surface area (Å²) >= 11 is 1.35. The van der Waals surface area contributed by atoms with Gasteiger partial charge in [-0.15, -0.1) is 10.2 Å². The normalized spacial score (nSPS) is 10.8. The molecule has 2 N–H and O–H groups in total. The van der Waals surface area contributed by atoms with E-state index in [1.54, 1.807) is 0 Å². The molecule has 7 heteroatoms. The highest BCUT2D eigenvalue weighted by Crippen LogP contribution is 2.26. The van der Waals surface area contributed by atoms with Crippen LogP contribution in [0.1, 0.15) is 96.0 Å². The molecule has 0 aliphatic carbocycles. The fourth-order valence-corrected chi connectivity index (χ4v) is 4.46. The number of carbonyl (C=O) groups is 2. The van der Waals surface area contributed by atoms with Crippen molar-refractivity contribution in [2.24, 2.45) is 0 Å². The Morgan fingerprint density at radius 1 is 0.848 bits per heavy atom. The first-order valence-corrected chi connectivity index (χ1v) is 13.4. The lowest BCUT2D eigenvalue weighted by atomic mass is 10.1. The van der Waals surface area contributed by atoms with Crippen LogP contribution in [0.15, 0.2) is 24.3 Å². The third-order valence-electron chi connectivity index (χ3n) is 5.62. The van der Waals surface area contributed by atoms with Gasteiger partial charge in [0.2, 0.25) is 16.9 Å². The van der Waals surface area contributed by atoms with Crippen LogP contribution < -0.4 is 10.6 Å². The van der Waals surface area contributed by atoms with Gasteiger partial charge < -0.3 is 10.6 Å². The van der Waals surface area contributed by atoms with Crippen molar-refractivity contribution in [3.63, 3.8) is 0 Å². The Morgan fingerprint density at radius 2 is 1.52 bits per heavy atom. The van der Waals surface area contributed by atoms with Gasteiger partial charge in [0.05, 0.1) is 0 Å². The van der Waals surface area contributed by atoms with E-state index in [0.29, 0.717) is 18.1 Å². The molecule has 182 valence electrons. The second kappa shape index (κ2) is 16.4. The number of nitrogens with zero attached hydrogens (tertiary/aromatic N) is 2. The number of anilines is 1. The van der Waals surface area contributed by atoms with E-state index in [1.165, 1.54) is 69.1 Å². The fourth-order valence-electron chi connectivity index (χ4n) is 3.70. The molecule has 0 radical (unpaired) electrons. The van der Waals surface area contributed by atoms with Gasteiger partial charge in [-0.3, -0.25) is 9.59 Å². The topological polar surface area (TPSA) is 84.0 Å². The second-order valence-electron chi connectivity index (χ2n) is 8.72. The molecule has 2 amide bonds. The standard InChI is InChI=1S/C26H40N4O2S/c1-3-4-5-6-7-8-9-10-11-12-13-17-23(31)27-19-18-24(32)28-26-30-29-25(33-26)22-16-14-15-21(2)20-22/h14-16,20H,3-13,17-19H2,1-2H3,(H,27,31)(H,28,30,32). The first-order valence-electron chi connectivity index (χ1n) is 12.6. The number of hydrogen-bond acceptors (Lipinski definition) is 5. The van der Waals surface area contributed by atoms with Gasteiger partial charge in [-0.05, 0) is 19.4 Å². The Bertz CT molecular complexity index is 837. The van der Waals surface area contributed by atoms with Crippen molar-refractivity contribution in [2.45, 2.75) is 97.3 Å². The minimum Gasteiger partial charge on any atom is -0.356 e. The number of aryl methyl sites for hydroxylation is 1. The summed E-state index contributed by atoms with van der Waals surface area (Å²) in [4.78, 5) is 24.1. The number of rotatable bonds is 17. The van der Waals surface area contributed by atoms with E-state index in [4.69, 9.17) is 0 Å². The molecule has 0 atom stereocenters. The first-order chi connectivity index (χ1) is 16.1. The molecule has 0 aliphatic rings. The quantitative estimate of drug-likeness (QED) is 0.252. The number of benzene rings is 1. The van der Waals surface area contributed by atoms with Crippen molar-refractivity contribution in [3.8, 4) is 10.6 Å². The molecule has 0 fully saturated rings. The van der Waals surface area contributed by atoms with Crippen molar-refractivity contribution in [2.75, 3.05) is 11.9 Å². The third kappa shape index (κ3) is 11.9. The van der Waals surface area contributed by atoms with E-state index in [2.05, 4.69) is 27.8 Å². The zero-order valence-electron chi connectivity index (χ0n) is 20.3. The maximum atomic E-state index is 12.1. The summed E-state index contributed by atoms with van der Waals surface area (Å²) in [5.41, 5.74) is 2.14. The highest BCUT2D eigenvalue weighted by atomic mass is 32.1. The maximum absolute atomic E-state index is 12.1. The van der Waals surface area contributed by atoms with Gasteiger partial charge in [-0.25, -0.2) is 0 Å². The maximum Gasteiger partial charge on any atom is 0.227 e. The van der Waals surface area contributed by atoms with Crippen molar-refractivity contribution in [1.82, 2.24) is 15.5 Å². The number of amides is 2. The van der Waals surface area contributed by atoms with Crippen LogP contribution >= 0.6 is 11.3 Å². The van der Waals surface area contributed by atoms with Crippen molar-refractivity contribution >= 4 is 28.3 Å². The molecule has 0 saturated carbocycles. The van der Waals surface area contributed by atoms with Crippen LogP contribution in [0.25, 0.3) is 10.6 Å². The number of hydrogen-bond donors (Lipinski definition) is 2. The molecular weight excluding hydrogens is 432 g/mol. The van der Waals surface area contributed by atoms with Gasteiger partial charge in [-0.1, -0.05) is 106 Å². The minimum absolute atomic E-state index is 0.0244. The molecule has 0 saturated heterocycles. The Kier molecular flexibility index (Phi) is 13.4. The molecule has 0 bridgehead atoms. The number of unbranched alkanes of at least 4 members (excludes halogenated alkanes) is 10. The summed E-state index contributed by atoms with van der Waals surface area (Å²) in [7, 11) is 0. The molecule has 0 spiro atoms. The smallest absolute Gasteiger partial charge is 0.227 e. The van der Waals surface area contributed by atoms with E-state index in [9.17, 15) is 9.59 Å². The van der Waals surface area contributed by atoms with Crippen LogP contribution in [0.2, 0.25) is 0 Å². The predicted octanol–water partition coefficient (Wildman–Crippen LogP) is 6.66. The minimum atomic E-state index is -0.170. The highest BCUT2D eigenvalue weighted by molar-refractivity contribution is 7.18. The lowest BCUT2D eigenvalue weighted by molar-refractivity contribution is -0.121. The van der Waals surface area contributed by atoms with Crippen LogP contribution in [0.3, 0.4) is 0 Å². The van der Waals surface area contributed by atoms with Crippen LogP contribution in [-0.2, 0) is 9.59 Å². The molecule has 1 heterocycles. The average Bonchev–Trinajstić information content (AvgIpc) is 3.26. The summed E-state index contributed by atoms with van der Waals surface area (Å²) in [6, 6.07) is 8.02. The monoisotopic (exact) mass is 472 g/mol. The van der Waals surface area contributed by atoms with Crippen LogP contribution in [-0.4, -0.2) is 28.6 Å². The van der Waals surface area contributed by atoms with Gasteiger partial charge in [0, 0.05) is 24.9 Å². The lowest BCUT2D eigenvalue weighted by Crippen LogP contribution is -2.27. The van der Waals surface area contributed by atoms with E-state index in [1.807, 2.05) is 31.2 Å². The van der Waals surface area contributed by atoms with Gasteiger partial charge >= 0.3 is 0 Å². The van der Waals surface area contributed by atoms with Gasteiger partial charge in [0.1, 0.15) is 5.01 Å². The molecular formula is C26H40N4O2S. The zero-order chi connectivity index (χ0) is 23.7. The van der Waals surface area contributed by atoms with Crippen LogP contribution in [0.5, 0.6) is 0 Å². The lowest BCUT2D eigenvalue weighted by Gasteiger charge is -2.05. The van der Waals surface area contributed by atoms with Gasteiger partial charge in [0.15, 0.2) is 0 Å². The van der Waals surface area contributed by atoms with Crippen molar-refractivity contribution < 1.29 is 9.59 Å². The summed E-state index contributed by atoms with van der Waals surface area (Å²) < 4.78 is 0. The average molecular weight is 473 g/mol. The molecule has 0 unspecified atom stereocenters. The second-order valence-corrected chi connectivity index (χ2v) is 9.69. The predicted molar refractivity (Wildman–Crippen MR) is 137 cm³/mol. The molecule has 1 aromatic heterocycles. The molecule has 2 rings (SSSR count). The number of aromatic nitrogens is 2. The summed E-state index contributed by atoms with van der Waals surface area (Å²) in [5.74, 6) is -0.145. The van der Waals surface area contributed by atoms with E-state index >= 15 is 0 Å². The molecule has 1 aromatic carbocycles. The molecule has 2 aromatic rings. The number of carbonyl (C=O) groups excluding carboxylic acids is 2.